The van der Waals surface area contributed by atoms with E-state index in [4.69, 9.17) is 0 Å². The highest BCUT2D eigenvalue weighted by Crippen LogP contribution is 2.22. The van der Waals surface area contributed by atoms with E-state index in [9.17, 15) is 4.79 Å². The highest BCUT2D eigenvalue weighted by molar-refractivity contribution is 6.04. The molecule has 0 atom stereocenters. The molecule has 1 heterocycles. The summed E-state index contributed by atoms with van der Waals surface area (Å²) in [6.45, 7) is 10.1. The van der Waals surface area contributed by atoms with E-state index in [0.717, 1.165) is 34.6 Å². The summed E-state index contributed by atoms with van der Waals surface area (Å²) in [5.74, 6) is -0.235. The molecule has 134 valence electrons. The van der Waals surface area contributed by atoms with Crippen molar-refractivity contribution in [2.24, 2.45) is 0 Å². The Hall–Kier alpha value is -2.95. The molecule has 0 saturated heterocycles. The maximum Gasteiger partial charge on any atom is 0.278 e. The molecule has 5 nitrogen and oxygen atoms in total. The largest absolute Gasteiger partial charge is 0.320 e. The van der Waals surface area contributed by atoms with Gasteiger partial charge in [-0.15, -0.1) is 5.10 Å². The van der Waals surface area contributed by atoms with Gasteiger partial charge >= 0.3 is 0 Å². The predicted molar refractivity (Wildman–Crippen MR) is 104 cm³/mol. The van der Waals surface area contributed by atoms with Gasteiger partial charge in [0.2, 0.25) is 0 Å². The van der Waals surface area contributed by atoms with Crippen molar-refractivity contribution in [3.63, 3.8) is 0 Å². The van der Waals surface area contributed by atoms with E-state index in [0.29, 0.717) is 5.69 Å². The number of nitrogens with zero attached hydrogens (tertiary/aromatic N) is 3. The fraction of sp³-hybridized carbons (Fsp3) is 0.286. The molecule has 1 aromatic heterocycles. The molecule has 2 aromatic carbocycles. The van der Waals surface area contributed by atoms with Gasteiger partial charge in [0, 0.05) is 5.69 Å². The summed E-state index contributed by atoms with van der Waals surface area (Å²) >= 11 is 0. The summed E-state index contributed by atoms with van der Waals surface area (Å²) in [4.78, 5) is 12.8. The van der Waals surface area contributed by atoms with E-state index in [1.54, 1.807) is 4.68 Å². The van der Waals surface area contributed by atoms with Crippen molar-refractivity contribution in [2.75, 3.05) is 5.32 Å². The Labute approximate surface area is 154 Å². The Morgan fingerprint density at radius 1 is 1.04 bits per heavy atom. The van der Waals surface area contributed by atoms with Crippen molar-refractivity contribution >= 4 is 11.6 Å². The van der Waals surface area contributed by atoms with Gasteiger partial charge in [-0.2, -0.15) is 0 Å². The van der Waals surface area contributed by atoms with Crippen molar-refractivity contribution in [3.8, 4) is 5.69 Å². The predicted octanol–water partition coefficient (Wildman–Crippen LogP) is 4.32. The molecule has 0 spiro atoms. The van der Waals surface area contributed by atoms with Gasteiger partial charge in [0.15, 0.2) is 5.69 Å². The monoisotopic (exact) mass is 348 g/mol. The number of para-hydroxylation sites is 1. The Morgan fingerprint density at radius 3 is 2.50 bits per heavy atom. The number of carbonyl (C=O) groups excluding carboxylic acids is 1. The molecule has 0 fully saturated rings. The van der Waals surface area contributed by atoms with Crippen LogP contribution in [0.1, 0.15) is 45.4 Å². The molecule has 0 radical (unpaired) electrons. The summed E-state index contributed by atoms with van der Waals surface area (Å²) in [7, 11) is 0. The SMILES string of the molecule is CCc1cccc(C)c1NC(=O)c1nnn(-c2ccc(C)c(C)c2)c1C. The fourth-order valence-electron chi connectivity index (χ4n) is 3.02. The molecule has 0 aliphatic rings. The zero-order chi connectivity index (χ0) is 18.8. The van der Waals surface area contributed by atoms with E-state index in [1.165, 1.54) is 11.1 Å². The van der Waals surface area contributed by atoms with Crippen LogP contribution in [-0.4, -0.2) is 20.9 Å². The third-order valence-corrected chi connectivity index (χ3v) is 4.82. The molecule has 0 unspecified atom stereocenters. The van der Waals surface area contributed by atoms with E-state index in [2.05, 4.69) is 42.5 Å². The van der Waals surface area contributed by atoms with Crippen molar-refractivity contribution in [1.29, 1.82) is 0 Å². The highest BCUT2D eigenvalue weighted by atomic mass is 16.2. The van der Waals surface area contributed by atoms with Crippen LogP contribution >= 0.6 is 0 Å². The maximum absolute atomic E-state index is 12.8. The molecule has 1 N–H and O–H groups in total. The van der Waals surface area contributed by atoms with E-state index >= 15 is 0 Å². The fourth-order valence-corrected chi connectivity index (χ4v) is 3.02. The van der Waals surface area contributed by atoms with Crippen molar-refractivity contribution in [3.05, 3.63) is 70.0 Å². The first-order chi connectivity index (χ1) is 12.4. The quantitative estimate of drug-likeness (QED) is 0.764. The van der Waals surface area contributed by atoms with Crippen LogP contribution < -0.4 is 5.32 Å². The van der Waals surface area contributed by atoms with Gasteiger partial charge in [-0.25, -0.2) is 4.68 Å². The maximum atomic E-state index is 12.8. The van der Waals surface area contributed by atoms with Crippen LogP contribution in [0, 0.1) is 27.7 Å². The van der Waals surface area contributed by atoms with Gasteiger partial charge in [0.1, 0.15) is 0 Å². The van der Waals surface area contributed by atoms with Crippen LogP contribution in [0.3, 0.4) is 0 Å². The van der Waals surface area contributed by atoms with Crippen LogP contribution in [0.5, 0.6) is 0 Å². The van der Waals surface area contributed by atoms with Crippen LogP contribution in [0.2, 0.25) is 0 Å². The van der Waals surface area contributed by atoms with Gasteiger partial charge in [0.05, 0.1) is 11.4 Å². The number of amides is 1. The number of hydrogen-bond donors (Lipinski definition) is 1. The van der Waals surface area contributed by atoms with Crippen molar-refractivity contribution in [2.45, 2.75) is 41.0 Å². The normalized spacial score (nSPS) is 10.8. The molecule has 5 heteroatoms. The Bertz CT molecular complexity index is 972. The van der Waals surface area contributed by atoms with Crippen molar-refractivity contribution < 1.29 is 4.79 Å². The van der Waals surface area contributed by atoms with Gasteiger partial charge in [0.25, 0.3) is 5.91 Å². The van der Waals surface area contributed by atoms with Crippen LogP contribution in [0.4, 0.5) is 5.69 Å². The number of anilines is 1. The third kappa shape index (κ3) is 3.25. The zero-order valence-electron chi connectivity index (χ0n) is 15.9. The van der Waals surface area contributed by atoms with Crippen LogP contribution in [-0.2, 0) is 6.42 Å². The first-order valence-corrected chi connectivity index (χ1v) is 8.82. The molecule has 1 amide bonds. The molecule has 3 aromatic rings. The van der Waals surface area contributed by atoms with Gasteiger partial charge < -0.3 is 5.32 Å². The minimum Gasteiger partial charge on any atom is -0.320 e. The standard InChI is InChI=1S/C21H24N4O/c1-6-17-9-7-8-14(3)19(17)22-21(26)20-16(5)25(24-23-20)18-11-10-13(2)15(4)12-18/h7-12H,6H2,1-5H3,(H,22,26). The molecule has 3 rings (SSSR count). The molecule has 26 heavy (non-hydrogen) atoms. The summed E-state index contributed by atoms with van der Waals surface area (Å²) in [6.07, 6.45) is 0.853. The topological polar surface area (TPSA) is 59.8 Å². The molecule has 0 saturated carbocycles. The Morgan fingerprint density at radius 2 is 1.81 bits per heavy atom. The minimum atomic E-state index is -0.235. The average Bonchev–Trinajstić information content (AvgIpc) is 3.00. The van der Waals surface area contributed by atoms with E-state index in [-0.39, 0.29) is 5.91 Å². The van der Waals surface area contributed by atoms with Crippen LogP contribution in [0.25, 0.3) is 5.69 Å². The number of hydrogen-bond acceptors (Lipinski definition) is 3. The first-order valence-electron chi connectivity index (χ1n) is 8.82. The third-order valence-electron chi connectivity index (χ3n) is 4.82. The van der Waals surface area contributed by atoms with Gasteiger partial charge in [-0.1, -0.05) is 36.4 Å². The molecular formula is C21H24N4O. The van der Waals surface area contributed by atoms with E-state index < -0.39 is 0 Å². The summed E-state index contributed by atoms with van der Waals surface area (Å²) in [6, 6.07) is 12.1. The minimum absolute atomic E-state index is 0.235. The lowest BCUT2D eigenvalue weighted by Crippen LogP contribution is -2.16. The second-order valence-corrected chi connectivity index (χ2v) is 6.62. The first kappa shape index (κ1) is 17.9. The number of carbonyl (C=O) groups is 1. The number of nitrogens with one attached hydrogen (secondary N) is 1. The zero-order valence-corrected chi connectivity index (χ0v) is 15.9. The van der Waals surface area contributed by atoms with Gasteiger partial charge in [-0.3, -0.25) is 4.79 Å². The summed E-state index contributed by atoms with van der Waals surface area (Å²) in [5, 5.41) is 11.3. The number of aryl methyl sites for hydroxylation is 4. The number of rotatable bonds is 4. The van der Waals surface area contributed by atoms with E-state index in [1.807, 2.05) is 44.2 Å². The Balaban J connectivity index is 1.93. The summed E-state index contributed by atoms with van der Waals surface area (Å²) < 4.78 is 1.71. The lowest BCUT2D eigenvalue weighted by atomic mass is 10.1. The Kier molecular flexibility index (Phi) is 4.89. The second-order valence-electron chi connectivity index (χ2n) is 6.62. The molecule has 0 aliphatic heterocycles. The smallest absolute Gasteiger partial charge is 0.278 e. The highest BCUT2D eigenvalue weighted by Gasteiger charge is 2.19. The molecule has 0 bridgehead atoms. The van der Waals surface area contributed by atoms with Crippen LogP contribution in [0.15, 0.2) is 36.4 Å². The lowest BCUT2D eigenvalue weighted by molar-refractivity contribution is 0.102. The number of benzene rings is 2. The average molecular weight is 348 g/mol. The summed E-state index contributed by atoms with van der Waals surface area (Å²) in [5.41, 5.74) is 7.37. The second kappa shape index (κ2) is 7.12. The van der Waals surface area contributed by atoms with Crippen molar-refractivity contribution in [1.82, 2.24) is 15.0 Å². The van der Waals surface area contributed by atoms with Gasteiger partial charge in [-0.05, 0) is 68.5 Å². The lowest BCUT2D eigenvalue weighted by Gasteiger charge is -2.12. The number of aromatic nitrogens is 3. The molecular weight excluding hydrogens is 324 g/mol. The molecule has 0 aliphatic carbocycles.